The number of hydrogen-bond acceptors (Lipinski definition) is 10. The van der Waals surface area contributed by atoms with Gasteiger partial charge in [0.1, 0.15) is 36.0 Å². The number of amides is 7. The number of H-pyrrole nitrogens is 1. The molecule has 3 rings (SSSR count). The van der Waals surface area contributed by atoms with Gasteiger partial charge in [-0.25, -0.2) is 0 Å². The molecule has 0 aliphatic rings. The van der Waals surface area contributed by atoms with Crippen LogP contribution in [-0.4, -0.2) is 105 Å². The number of benzene rings is 2. The highest BCUT2D eigenvalue weighted by Crippen LogP contribution is 2.20. The molecule has 1 heterocycles. The van der Waals surface area contributed by atoms with E-state index < -0.39 is 108 Å². The number of hydrogen-bond donors (Lipinski definition) is 11. The van der Waals surface area contributed by atoms with Gasteiger partial charge in [0.2, 0.25) is 41.4 Å². The summed E-state index contributed by atoms with van der Waals surface area (Å²) in [5, 5.41) is 34.9. The molecule has 0 radical (unpaired) electrons. The van der Waals surface area contributed by atoms with Crippen LogP contribution < -0.4 is 43.4 Å². The number of para-hydroxylation sites is 1. The van der Waals surface area contributed by atoms with Gasteiger partial charge in [-0.15, -0.1) is 0 Å². The van der Waals surface area contributed by atoms with E-state index in [4.69, 9.17) is 11.5 Å². The van der Waals surface area contributed by atoms with Crippen LogP contribution >= 0.6 is 0 Å². The molecule has 3 aromatic rings. The van der Waals surface area contributed by atoms with Crippen molar-refractivity contribution in [3.63, 3.8) is 0 Å². The molecule has 0 aliphatic heterocycles. The fourth-order valence-electron chi connectivity index (χ4n) is 5.90. The first kappa shape index (κ1) is 45.9. The lowest BCUT2D eigenvalue weighted by molar-refractivity contribution is -0.141. The summed E-state index contributed by atoms with van der Waals surface area (Å²) in [7, 11) is 0. The van der Waals surface area contributed by atoms with Gasteiger partial charge in [0, 0.05) is 23.5 Å². The van der Waals surface area contributed by atoms with E-state index >= 15 is 0 Å². The summed E-state index contributed by atoms with van der Waals surface area (Å²) in [6, 6.07) is 5.41. The summed E-state index contributed by atoms with van der Waals surface area (Å²) >= 11 is 0. The van der Waals surface area contributed by atoms with Crippen molar-refractivity contribution in [1.82, 2.24) is 36.9 Å². The summed E-state index contributed by atoms with van der Waals surface area (Å²) in [5.74, 6) is -8.19. The third kappa shape index (κ3) is 13.6. The lowest BCUT2D eigenvalue weighted by Crippen LogP contribution is -2.61. The van der Waals surface area contributed by atoms with Gasteiger partial charge in [-0.3, -0.25) is 38.4 Å². The summed E-state index contributed by atoms with van der Waals surface area (Å²) in [6.45, 7) is 7.39. The van der Waals surface area contributed by atoms with Gasteiger partial charge in [0.25, 0.3) is 0 Å². The van der Waals surface area contributed by atoms with Crippen LogP contribution in [0.25, 0.3) is 10.9 Å². The monoisotopic (exact) mass is 807 g/mol. The topological polar surface area (TPSA) is 317 Å². The van der Waals surface area contributed by atoms with E-state index in [1.165, 1.54) is 19.1 Å². The Morgan fingerprint density at radius 2 is 1.24 bits per heavy atom. The van der Waals surface area contributed by atoms with Gasteiger partial charge < -0.3 is 58.6 Å². The molecule has 19 heteroatoms. The van der Waals surface area contributed by atoms with Crippen LogP contribution in [-0.2, 0) is 51.2 Å². The molecule has 0 unspecified atom stereocenters. The second-order valence-corrected chi connectivity index (χ2v) is 14.6. The molecular weight excluding hydrogens is 754 g/mol. The zero-order valence-corrected chi connectivity index (χ0v) is 33.0. The molecule has 58 heavy (non-hydrogen) atoms. The number of fused-ring (bicyclic) bond motifs is 1. The highest BCUT2D eigenvalue weighted by molar-refractivity contribution is 5.98. The van der Waals surface area contributed by atoms with Crippen molar-refractivity contribution in [2.75, 3.05) is 6.54 Å². The number of nitrogens with two attached hydrogens (primary N) is 2. The zero-order valence-electron chi connectivity index (χ0n) is 33.0. The molecule has 0 saturated carbocycles. The molecule has 0 spiro atoms. The number of nitrogens with one attached hydrogen (secondary N) is 7. The highest BCUT2D eigenvalue weighted by Gasteiger charge is 2.35. The van der Waals surface area contributed by atoms with Gasteiger partial charge in [0.15, 0.2) is 0 Å². The Morgan fingerprint density at radius 3 is 1.84 bits per heavy atom. The Balaban J connectivity index is 1.82. The predicted octanol–water partition coefficient (Wildman–Crippen LogP) is -1.18. The summed E-state index contributed by atoms with van der Waals surface area (Å²) in [5.41, 5.74) is 13.2. The molecule has 0 saturated heterocycles. The maximum absolute atomic E-state index is 14.0. The van der Waals surface area contributed by atoms with Crippen LogP contribution in [0.2, 0.25) is 0 Å². The molecule has 0 aliphatic carbocycles. The molecule has 0 fully saturated rings. The Hall–Kier alpha value is -6.50. The van der Waals surface area contributed by atoms with Crippen molar-refractivity contribution in [1.29, 1.82) is 0 Å². The van der Waals surface area contributed by atoms with Gasteiger partial charge in [-0.1, -0.05) is 58.0 Å². The maximum atomic E-state index is 14.0. The average Bonchev–Trinajstić information content (AvgIpc) is 3.56. The first-order chi connectivity index (χ1) is 27.3. The van der Waals surface area contributed by atoms with Crippen molar-refractivity contribution in [2.45, 2.75) is 90.1 Å². The minimum atomic E-state index is -1.74. The van der Waals surface area contributed by atoms with Crippen LogP contribution in [0.5, 0.6) is 5.75 Å². The molecule has 2 aromatic carbocycles. The van der Waals surface area contributed by atoms with E-state index in [0.717, 1.165) is 10.9 Å². The maximum Gasteiger partial charge on any atom is 0.305 e. The molecule has 6 atom stereocenters. The minimum absolute atomic E-state index is 0.0401. The first-order valence-electron chi connectivity index (χ1n) is 18.6. The van der Waals surface area contributed by atoms with Gasteiger partial charge >= 0.3 is 5.97 Å². The van der Waals surface area contributed by atoms with Crippen LogP contribution in [0.15, 0.2) is 54.7 Å². The normalized spacial score (nSPS) is 14.3. The number of primary amides is 1. The number of rotatable bonds is 21. The number of aromatic hydroxyl groups is 1. The molecule has 7 amide bonds. The van der Waals surface area contributed by atoms with Crippen molar-refractivity contribution < 1.29 is 48.6 Å². The molecule has 13 N–H and O–H groups in total. The van der Waals surface area contributed by atoms with Crippen molar-refractivity contribution in [3.8, 4) is 5.75 Å². The fraction of sp³-hybridized carbons (Fsp3) is 0.436. The minimum Gasteiger partial charge on any atom is -0.508 e. The highest BCUT2D eigenvalue weighted by atomic mass is 16.4. The predicted molar refractivity (Wildman–Crippen MR) is 211 cm³/mol. The van der Waals surface area contributed by atoms with Crippen LogP contribution in [0.1, 0.15) is 52.2 Å². The van der Waals surface area contributed by atoms with E-state index in [9.17, 15) is 48.6 Å². The van der Waals surface area contributed by atoms with Gasteiger partial charge in [0.05, 0.1) is 19.0 Å². The largest absolute Gasteiger partial charge is 0.508 e. The van der Waals surface area contributed by atoms with Crippen LogP contribution in [0.4, 0.5) is 0 Å². The van der Waals surface area contributed by atoms with Crippen molar-refractivity contribution >= 4 is 58.2 Å². The molecule has 314 valence electrons. The lowest BCUT2D eigenvalue weighted by Gasteiger charge is -2.29. The third-order valence-corrected chi connectivity index (χ3v) is 9.16. The number of phenolic OH excluding ortho intramolecular Hbond substituents is 1. The number of aromatic nitrogens is 1. The van der Waals surface area contributed by atoms with Gasteiger partial charge in [-0.05, 0) is 54.5 Å². The molecule has 19 nitrogen and oxygen atoms in total. The number of carbonyl (C=O) groups excluding carboxylic acids is 7. The molecule has 1 aromatic heterocycles. The summed E-state index contributed by atoms with van der Waals surface area (Å²) < 4.78 is 0. The third-order valence-electron chi connectivity index (χ3n) is 9.16. The van der Waals surface area contributed by atoms with E-state index in [1.807, 2.05) is 0 Å². The quantitative estimate of drug-likeness (QED) is 0.0609. The smallest absolute Gasteiger partial charge is 0.305 e. The van der Waals surface area contributed by atoms with Crippen LogP contribution in [0.3, 0.4) is 0 Å². The number of carboxylic acid groups (broad SMARTS) is 1. The van der Waals surface area contributed by atoms with E-state index in [-0.39, 0.29) is 18.6 Å². The van der Waals surface area contributed by atoms with Crippen molar-refractivity contribution in [2.24, 2.45) is 23.3 Å². The number of carboxylic acids is 1. The average molecular weight is 808 g/mol. The van der Waals surface area contributed by atoms with Crippen LogP contribution in [0, 0.1) is 11.8 Å². The molecule has 0 bridgehead atoms. The summed E-state index contributed by atoms with van der Waals surface area (Å²) in [6.07, 6.45) is 0.697. The lowest BCUT2D eigenvalue weighted by atomic mass is 9.99. The Morgan fingerprint density at radius 1 is 0.672 bits per heavy atom. The second-order valence-electron chi connectivity index (χ2n) is 14.6. The number of aromatic amines is 1. The first-order valence-corrected chi connectivity index (χ1v) is 18.6. The van der Waals surface area contributed by atoms with Crippen molar-refractivity contribution in [3.05, 3.63) is 65.9 Å². The molecular formula is C39H53N9O10. The summed E-state index contributed by atoms with van der Waals surface area (Å²) in [4.78, 5) is 106. The fourth-order valence-corrected chi connectivity index (χ4v) is 5.90. The van der Waals surface area contributed by atoms with E-state index in [1.54, 1.807) is 70.3 Å². The second kappa shape index (κ2) is 21.1. The SMILES string of the molecule is CC(C)[C@H](NC(=O)[C@H](CC(=O)O)NC(=O)[C@H](Cc1c[nH]c2ccccc12)NC(=O)[C@@H](C)NC(=O)[C@@H](N)Cc1ccc(O)cc1)C(=O)N[C@H](C(=O)NCC(N)=O)C(C)C. The number of aliphatic carboxylic acids is 1. The van der Waals surface area contributed by atoms with E-state index in [2.05, 4.69) is 36.9 Å². The van der Waals surface area contributed by atoms with E-state index in [0.29, 0.717) is 11.1 Å². The zero-order chi connectivity index (χ0) is 43.3. The Bertz CT molecular complexity index is 1960. The number of phenols is 1. The Kier molecular flexibility index (Phi) is 16.7. The Labute approximate surface area is 334 Å². The standard InChI is InChI=1S/C39H53N9O10/c1-19(2)32(38(57)43-18-30(41)50)48-39(58)33(20(3)4)47-37(56)29(16-31(51)52)46-36(55)28(15-23-17-42-27-9-7-6-8-25(23)27)45-34(53)21(5)44-35(54)26(40)14-22-10-12-24(49)13-11-22/h6-13,17,19-21,26,28-29,32-33,42,49H,14-16,18,40H2,1-5H3,(H2,41,50)(H,43,57)(H,44,54)(H,45,53)(H,46,55)(H,47,56)(H,48,58)(H,51,52)/t21-,26+,28+,29+,32+,33+/m1/s1. The van der Waals surface area contributed by atoms with Gasteiger partial charge in [-0.2, -0.15) is 0 Å². The number of carbonyl (C=O) groups is 8.